The van der Waals surface area contributed by atoms with Crippen molar-refractivity contribution in [3.05, 3.63) is 95.3 Å². The van der Waals surface area contributed by atoms with Crippen molar-refractivity contribution in [3.8, 4) is 0 Å². The summed E-state index contributed by atoms with van der Waals surface area (Å²) in [6.07, 6.45) is 0.305. The molecule has 4 rings (SSSR count). The van der Waals surface area contributed by atoms with Gasteiger partial charge in [-0.25, -0.2) is 12.8 Å². The predicted molar refractivity (Wildman–Crippen MR) is 130 cm³/mol. The summed E-state index contributed by atoms with van der Waals surface area (Å²) in [5.41, 5.74) is 3.30. The van der Waals surface area contributed by atoms with Gasteiger partial charge in [0.25, 0.3) is 10.0 Å². The third-order valence-electron chi connectivity index (χ3n) is 5.63. The predicted octanol–water partition coefficient (Wildman–Crippen LogP) is 4.44. The van der Waals surface area contributed by atoms with Crippen LogP contribution in [-0.2, 0) is 20.0 Å². The van der Waals surface area contributed by atoms with Crippen molar-refractivity contribution < 1.29 is 21.2 Å². The van der Waals surface area contributed by atoms with Crippen LogP contribution in [0.4, 0.5) is 10.1 Å². The first-order valence-electron chi connectivity index (χ1n) is 10.6. The Morgan fingerprint density at radius 1 is 1.00 bits per heavy atom. The van der Waals surface area contributed by atoms with Gasteiger partial charge < -0.3 is 0 Å². The Balaban J connectivity index is 1.74. The van der Waals surface area contributed by atoms with Crippen molar-refractivity contribution in [1.29, 1.82) is 0 Å². The third-order valence-corrected chi connectivity index (χ3v) is 8.62. The highest BCUT2D eigenvalue weighted by molar-refractivity contribution is 7.92. The smallest absolute Gasteiger partial charge is 0.279 e. The van der Waals surface area contributed by atoms with Crippen molar-refractivity contribution in [2.24, 2.45) is 5.10 Å². The van der Waals surface area contributed by atoms with Gasteiger partial charge in [-0.2, -0.15) is 17.9 Å². The van der Waals surface area contributed by atoms with Crippen molar-refractivity contribution in [2.75, 3.05) is 10.5 Å². The van der Waals surface area contributed by atoms with Crippen molar-refractivity contribution in [2.45, 2.75) is 31.2 Å². The maximum atomic E-state index is 13.8. The molecule has 0 radical (unpaired) electrons. The lowest BCUT2D eigenvalue weighted by Gasteiger charge is -2.24. The summed E-state index contributed by atoms with van der Waals surface area (Å²) < 4.78 is 67.9. The van der Waals surface area contributed by atoms with E-state index >= 15 is 0 Å². The van der Waals surface area contributed by atoms with Crippen LogP contribution >= 0.6 is 0 Å². The molecule has 1 aliphatic rings. The molecule has 0 unspecified atom stereocenters. The Bertz CT molecular complexity index is 1450. The van der Waals surface area contributed by atoms with Crippen molar-refractivity contribution >= 4 is 31.4 Å². The Kier molecular flexibility index (Phi) is 6.46. The van der Waals surface area contributed by atoms with Gasteiger partial charge in [0.1, 0.15) is 5.82 Å². The molecule has 178 valence electrons. The van der Waals surface area contributed by atoms with Gasteiger partial charge in [0.2, 0.25) is 10.0 Å². The molecule has 0 fully saturated rings. The summed E-state index contributed by atoms with van der Waals surface area (Å²) in [5.74, 6) is -0.700. The molecule has 0 aliphatic carbocycles. The molecule has 0 saturated heterocycles. The molecule has 0 aromatic heterocycles. The van der Waals surface area contributed by atoms with Gasteiger partial charge in [-0.3, -0.25) is 4.72 Å². The Labute approximate surface area is 199 Å². The molecule has 1 N–H and O–H groups in total. The minimum Gasteiger partial charge on any atom is -0.284 e. The lowest BCUT2D eigenvalue weighted by Crippen LogP contribution is -2.27. The van der Waals surface area contributed by atoms with Crippen LogP contribution in [0.1, 0.15) is 36.1 Å². The minimum absolute atomic E-state index is 0.0491. The standard InChI is InChI=1S/C24H24FN3O4S2/c1-3-33(29,30)27-20-13-11-18(12-14-20)23-16-24(22-10-5-4-7-17(22)2)28(26-23)34(31,32)21-9-6-8-19(25)15-21/h4-15,24,27H,3,16H2,1-2H3/t24-/m0/s1. The second-order valence-electron chi connectivity index (χ2n) is 7.94. The maximum Gasteiger partial charge on any atom is 0.279 e. The van der Waals surface area contributed by atoms with Gasteiger partial charge in [-0.15, -0.1) is 0 Å². The van der Waals surface area contributed by atoms with Crippen LogP contribution in [0.5, 0.6) is 0 Å². The highest BCUT2D eigenvalue weighted by atomic mass is 32.2. The fraction of sp³-hybridized carbons (Fsp3) is 0.208. The summed E-state index contributed by atoms with van der Waals surface area (Å²) in [4.78, 5) is -0.180. The number of nitrogens with zero attached hydrogens (tertiary/aromatic N) is 2. The van der Waals surface area contributed by atoms with Crippen LogP contribution in [0.25, 0.3) is 0 Å². The fourth-order valence-electron chi connectivity index (χ4n) is 3.80. The van der Waals surface area contributed by atoms with Gasteiger partial charge >= 0.3 is 0 Å². The number of rotatable bonds is 7. The SMILES string of the molecule is CCS(=O)(=O)Nc1ccc(C2=NN(S(=O)(=O)c3cccc(F)c3)[C@H](c3ccccc3C)C2)cc1. The van der Waals surface area contributed by atoms with Crippen LogP contribution in [0.15, 0.2) is 82.8 Å². The lowest BCUT2D eigenvalue weighted by molar-refractivity contribution is 0.370. The maximum absolute atomic E-state index is 13.8. The van der Waals surface area contributed by atoms with Gasteiger partial charge in [-0.1, -0.05) is 42.5 Å². The summed E-state index contributed by atoms with van der Waals surface area (Å²) in [5, 5.41) is 4.46. The molecule has 1 heterocycles. The van der Waals surface area contributed by atoms with E-state index in [9.17, 15) is 21.2 Å². The zero-order valence-corrected chi connectivity index (χ0v) is 20.3. The normalized spacial score (nSPS) is 16.4. The van der Waals surface area contributed by atoms with E-state index in [1.807, 2.05) is 31.2 Å². The van der Waals surface area contributed by atoms with E-state index < -0.39 is 31.9 Å². The highest BCUT2D eigenvalue weighted by Crippen LogP contribution is 2.38. The van der Waals surface area contributed by atoms with Gasteiger partial charge in [0, 0.05) is 12.1 Å². The first kappa shape index (κ1) is 23.9. The Morgan fingerprint density at radius 3 is 2.35 bits per heavy atom. The van der Waals surface area contributed by atoms with E-state index in [2.05, 4.69) is 9.82 Å². The van der Waals surface area contributed by atoms with Crippen LogP contribution in [-0.4, -0.2) is 32.7 Å². The Morgan fingerprint density at radius 2 is 1.71 bits per heavy atom. The molecule has 10 heteroatoms. The van der Waals surface area contributed by atoms with Gasteiger partial charge in [-0.05, 0) is 60.9 Å². The van der Waals surface area contributed by atoms with Crippen LogP contribution in [0, 0.1) is 12.7 Å². The number of benzene rings is 3. The number of hydrogen-bond acceptors (Lipinski definition) is 5. The number of hydrazone groups is 1. The van der Waals surface area contributed by atoms with E-state index in [4.69, 9.17) is 0 Å². The van der Waals surface area contributed by atoms with Crippen LogP contribution in [0.3, 0.4) is 0 Å². The van der Waals surface area contributed by atoms with Gasteiger partial charge in [0.05, 0.1) is 22.4 Å². The molecule has 3 aromatic carbocycles. The molecule has 7 nitrogen and oxygen atoms in total. The minimum atomic E-state index is -4.14. The zero-order valence-electron chi connectivity index (χ0n) is 18.6. The summed E-state index contributed by atoms with van der Waals surface area (Å²) >= 11 is 0. The fourth-order valence-corrected chi connectivity index (χ4v) is 5.89. The number of sulfonamides is 2. The van der Waals surface area contributed by atoms with Crippen molar-refractivity contribution in [1.82, 2.24) is 4.41 Å². The largest absolute Gasteiger partial charge is 0.284 e. The molecule has 0 amide bonds. The number of anilines is 1. The monoisotopic (exact) mass is 501 g/mol. The van der Waals surface area contributed by atoms with Crippen molar-refractivity contribution in [3.63, 3.8) is 0 Å². The van der Waals surface area contributed by atoms with E-state index in [1.54, 1.807) is 31.2 Å². The summed E-state index contributed by atoms with van der Waals surface area (Å²) in [7, 11) is -7.55. The van der Waals surface area contributed by atoms with E-state index in [0.717, 1.165) is 21.6 Å². The summed E-state index contributed by atoms with van der Waals surface area (Å²) in [6, 6.07) is 18.3. The molecule has 3 aromatic rings. The van der Waals surface area contributed by atoms with E-state index in [-0.39, 0.29) is 10.6 Å². The van der Waals surface area contributed by atoms with Crippen LogP contribution < -0.4 is 4.72 Å². The third kappa shape index (κ3) is 4.83. The first-order valence-corrected chi connectivity index (χ1v) is 13.7. The second-order valence-corrected chi connectivity index (χ2v) is 11.7. The molecule has 1 aliphatic heterocycles. The molecule has 34 heavy (non-hydrogen) atoms. The number of nitrogens with one attached hydrogen (secondary N) is 1. The molecule has 0 bridgehead atoms. The zero-order chi connectivity index (χ0) is 24.5. The molecular formula is C24H24FN3O4S2. The molecule has 0 saturated carbocycles. The lowest BCUT2D eigenvalue weighted by atomic mass is 9.96. The first-order chi connectivity index (χ1) is 16.1. The van der Waals surface area contributed by atoms with E-state index in [1.165, 1.54) is 18.2 Å². The highest BCUT2D eigenvalue weighted by Gasteiger charge is 2.38. The van der Waals surface area contributed by atoms with Crippen LogP contribution in [0.2, 0.25) is 0 Å². The second kappa shape index (κ2) is 9.19. The molecule has 0 spiro atoms. The number of aryl methyl sites for hydroxylation is 1. The van der Waals surface area contributed by atoms with E-state index in [0.29, 0.717) is 23.4 Å². The quantitative estimate of drug-likeness (QED) is 0.518. The molecule has 1 atom stereocenters. The summed E-state index contributed by atoms with van der Waals surface area (Å²) in [6.45, 7) is 3.44. The number of hydrogen-bond donors (Lipinski definition) is 1. The number of halogens is 1. The topological polar surface area (TPSA) is 95.9 Å². The molecular weight excluding hydrogens is 477 g/mol. The Hall–Kier alpha value is -3.24. The average Bonchev–Trinajstić information content (AvgIpc) is 3.26. The van der Waals surface area contributed by atoms with Gasteiger partial charge in [0.15, 0.2) is 0 Å². The average molecular weight is 502 g/mol.